The quantitative estimate of drug-likeness (QED) is 0.689. The Morgan fingerprint density at radius 3 is 3.20 bits per heavy atom. The second-order valence-electron chi connectivity index (χ2n) is 1.53. The summed E-state index contributed by atoms with van der Waals surface area (Å²) in [5, 5.41) is 3.67. The van der Waals surface area contributed by atoms with Crippen molar-refractivity contribution in [3.05, 3.63) is 10.5 Å². The SMILES string of the molecule is C#CCNc1ncc(Cl)s1. The Morgan fingerprint density at radius 2 is 2.70 bits per heavy atom. The summed E-state index contributed by atoms with van der Waals surface area (Å²) in [7, 11) is 0. The minimum absolute atomic E-state index is 0.490. The molecule has 0 aliphatic heterocycles. The fraction of sp³-hybridized carbons (Fsp3) is 0.167. The number of nitrogens with zero attached hydrogens (tertiary/aromatic N) is 1. The minimum atomic E-state index is 0.490. The third-order valence-corrected chi connectivity index (χ3v) is 1.89. The molecule has 0 spiro atoms. The average molecular weight is 173 g/mol. The maximum absolute atomic E-state index is 5.60. The van der Waals surface area contributed by atoms with Crippen molar-refractivity contribution in [1.82, 2.24) is 4.98 Å². The molecule has 0 bridgehead atoms. The molecule has 0 saturated heterocycles. The lowest BCUT2D eigenvalue weighted by molar-refractivity contribution is 1.31. The zero-order valence-electron chi connectivity index (χ0n) is 5.10. The van der Waals surface area contributed by atoms with Gasteiger partial charge in [0.25, 0.3) is 0 Å². The Bertz CT molecular complexity index is 250. The summed E-state index contributed by atoms with van der Waals surface area (Å²) in [6.45, 7) is 0.490. The van der Waals surface area contributed by atoms with Crippen LogP contribution in [0.2, 0.25) is 4.34 Å². The summed E-state index contributed by atoms with van der Waals surface area (Å²) in [4.78, 5) is 3.93. The van der Waals surface area contributed by atoms with E-state index in [1.54, 1.807) is 6.20 Å². The average Bonchev–Trinajstić information content (AvgIpc) is 2.31. The van der Waals surface area contributed by atoms with Gasteiger partial charge in [0.1, 0.15) is 4.34 Å². The van der Waals surface area contributed by atoms with Crippen molar-refractivity contribution in [3.63, 3.8) is 0 Å². The van der Waals surface area contributed by atoms with Crippen molar-refractivity contribution in [2.24, 2.45) is 0 Å². The standard InChI is InChI=1S/C6H5ClN2S/c1-2-3-8-6-9-4-5(7)10-6/h1,4H,3H2,(H,8,9). The number of nitrogens with one attached hydrogen (secondary N) is 1. The molecule has 2 nitrogen and oxygen atoms in total. The predicted octanol–water partition coefficient (Wildman–Crippen LogP) is 1.84. The van der Waals surface area contributed by atoms with Crippen LogP contribution < -0.4 is 5.32 Å². The third kappa shape index (κ3) is 1.90. The molecule has 1 aromatic heterocycles. The van der Waals surface area contributed by atoms with E-state index in [0.29, 0.717) is 10.9 Å². The molecule has 52 valence electrons. The summed E-state index contributed by atoms with van der Waals surface area (Å²) >= 11 is 6.98. The van der Waals surface area contributed by atoms with Crippen molar-refractivity contribution < 1.29 is 0 Å². The van der Waals surface area contributed by atoms with Crippen LogP contribution in [0.25, 0.3) is 0 Å². The van der Waals surface area contributed by atoms with Gasteiger partial charge in [0.15, 0.2) is 5.13 Å². The Kier molecular flexibility index (Phi) is 2.55. The molecule has 1 N–H and O–H groups in total. The van der Waals surface area contributed by atoms with E-state index in [4.69, 9.17) is 18.0 Å². The lowest BCUT2D eigenvalue weighted by Gasteiger charge is -1.91. The highest BCUT2D eigenvalue weighted by molar-refractivity contribution is 7.19. The first-order valence-corrected chi connectivity index (χ1v) is 3.81. The van der Waals surface area contributed by atoms with Crippen LogP contribution in [-0.2, 0) is 0 Å². The molecule has 0 aliphatic carbocycles. The Labute approximate surface area is 68.2 Å². The van der Waals surface area contributed by atoms with Gasteiger partial charge in [0.2, 0.25) is 0 Å². The molecule has 0 aliphatic rings. The van der Waals surface area contributed by atoms with Crippen molar-refractivity contribution in [1.29, 1.82) is 0 Å². The van der Waals surface area contributed by atoms with Crippen LogP contribution in [0, 0.1) is 12.3 Å². The Morgan fingerprint density at radius 1 is 1.90 bits per heavy atom. The first-order valence-electron chi connectivity index (χ1n) is 2.61. The molecule has 1 aromatic rings. The van der Waals surface area contributed by atoms with E-state index < -0.39 is 0 Å². The molecular weight excluding hydrogens is 168 g/mol. The molecule has 0 atom stereocenters. The summed E-state index contributed by atoms with van der Waals surface area (Å²) in [5.41, 5.74) is 0. The smallest absolute Gasteiger partial charge is 0.184 e. The van der Waals surface area contributed by atoms with Crippen LogP contribution in [0.15, 0.2) is 6.20 Å². The van der Waals surface area contributed by atoms with Crippen molar-refractivity contribution in [3.8, 4) is 12.3 Å². The number of hydrogen-bond donors (Lipinski definition) is 1. The van der Waals surface area contributed by atoms with Gasteiger partial charge in [-0.3, -0.25) is 0 Å². The van der Waals surface area contributed by atoms with Crippen LogP contribution in [0.4, 0.5) is 5.13 Å². The van der Waals surface area contributed by atoms with E-state index in [2.05, 4.69) is 16.2 Å². The summed E-state index contributed by atoms with van der Waals surface area (Å²) in [5.74, 6) is 2.44. The summed E-state index contributed by atoms with van der Waals surface area (Å²) < 4.78 is 0.666. The van der Waals surface area contributed by atoms with Crippen LogP contribution in [0.5, 0.6) is 0 Å². The highest BCUT2D eigenvalue weighted by atomic mass is 35.5. The molecule has 0 aromatic carbocycles. The van der Waals surface area contributed by atoms with Crippen LogP contribution in [0.1, 0.15) is 0 Å². The van der Waals surface area contributed by atoms with Gasteiger partial charge in [-0.1, -0.05) is 28.9 Å². The van der Waals surface area contributed by atoms with Crippen molar-refractivity contribution in [2.75, 3.05) is 11.9 Å². The monoisotopic (exact) mass is 172 g/mol. The minimum Gasteiger partial charge on any atom is -0.351 e. The van der Waals surface area contributed by atoms with Gasteiger partial charge in [-0.15, -0.1) is 6.42 Å². The molecule has 0 radical (unpaired) electrons. The molecule has 0 unspecified atom stereocenters. The molecule has 1 rings (SSSR count). The van der Waals surface area contributed by atoms with E-state index in [1.165, 1.54) is 11.3 Å². The lowest BCUT2D eigenvalue weighted by atomic mass is 10.7. The van der Waals surface area contributed by atoms with E-state index in [9.17, 15) is 0 Å². The number of anilines is 1. The predicted molar refractivity (Wildman–Crippen MR) is 44.4 cm³/mol. The molecular formula is C6H5ClN2S. The highest BCUT2D eigenvalue weighted by Gasteiger charge is 1.95. The van der Waals surface area contributed by atoms with Crippen LogP contribution in [-0.4, -0.2) is 11.5 Å². The van der Waals surface area contributed by atoms with Gasteiger partial charge in [-0.25, -0.2) is 4.98 Å². The van der Waals surface area contributed by atoms with Gasteiger partial charge in [-0.2, -0.15) is 0 Å². The van der Waals surface area contributed by atoms with Crippen molar-refractivity contribution in [2.45, 2.75) is 0 Å². The maximum atomic E-state index is 5.60. The molecule has 0 fully saturated rings. The zero-order chi connectivity index (χ0) is 7.40. The maximum Gasteiger partial charge on any atom is 0.184 e. The second-order valence-corrected chi connectivity index (χ2v) is 3.19. The van der Waals surface area contributed by atoms with E-state index in [-0.39, 0.29) is 0 Å². The molecule has 4 heteroatoms. The normalized spacial score (nSPS) is 8.80. The number of terminal acetylenes is 1. The van der Waals surface area contributed by atoms with Crippen LogP contribution >= 0.6 is 22.9 Å². The fourth-order valence-electron chi connectivity index (χ4n) is 0.463. The van der Waals surface area contributed by atoms with E-state index in [0.717, 1.165) is 5.13 Å². The van der Waals surface area contributed by atoms with Gasteiger partial charge in [0.05, 0.1) is 12.7 Å². The van der Waals surface area contributed by atoms with E-state index in [1.807, 2.05) is 0 Å². The fourth-order valence-corrected chi connectivity index (χ4v) is 1.27. The van der Waals surface area contributed by atoms with Crippen LogP contribution in [0.3, 0.4) is 0 Å². The zero-order valence-corrected chi connectivity index (χ0v) is 6.67. The number of aromatic nitrogens is 1. The first-order chi connectivity index (χ1) is 4.83. The van der Waals surface area contributed by atoms with Gasteiger partial charge in [0, 0.05) is 0 Å². The summed E-state index contributed by atoms with van der Waals surface area (Å²) in [6.07, 6.45) is 6.60. The van der Waals surface area contributed by atoms with E-state index >= 15 is 0 Å². The molecule has 10 heavy (non-hydrogen) atoms. The molecule has 0 amide bonds. The van der Waals surface area contributed by atoms with Crippen molar-refractivity contribution >= 4 is 28.1 Å². The third-order valence-electron chi connectivity index (χ3n) is 0.819. The number of thiazole rings is 1. The Hall–Kier alpha value is -0.720. The first kappa shape index (κ1) is 7.39. The number of halogens is 1. The molecule has 0 saturated carbocycles. The number of rotatable bonds is 2. The Balaban J connectivity index is 2.52. The number of hydrogen-bond acceptors (Lipinski definition) is 3. The van der Waals surface area contributed by atoms with Gasteiger partial charge >= 0.3 is 0 Å². The second kappa shape index (κ2) is 3.45. The molecule has 1 heterocycles. The van der Waals surface area contributed by atoms with Gasteiger partial charge in [-0.05, 0) is 0 Å². The largest absolute Gasteiger partial charge is 0.351 e. The van der Waals surface area contributed by atoms with Gasteiger partial charge < -0.3 is 5.32 Å². The lowest BCUT2D eigenvalue weighted by Crippen LogP contribution is -1.96. The topological polar surface area (TPSA) is 24.9 Å². The summed E-state index contributed by atoms with van der Waals surface area (Å²) in [6, 6.07) is 0. The highest BCUT2D eigenvalue weighted by Crippen LogP contribution is 2.21.